The van der Waals surface area contributed by atoms with Crippen molar-refractivity contribution in [3.8, 4) is 0 Å². The molecular formula is C17H26N2O. The molecule has 0 saturated carbocycles. The van der Waals surface area contributed by atoms with Crippen LogP contribution in [-0.2, 0) is 4.79 Å². The number of rotatable bonds is 3. The average molecular weight is 274 g/mol. The summed E-state index contributed by atoms with van der Waals surface area (Å²) < 4.78 is 0. The van der Waals surface area contributed by atoms with E-state index < -0.39 is 5.54 Å². The van der Waals surface area contributed by atoms with Crippen molar-refractivity contribution in [2.24, 2.45) is 0 Å². The normalized spacial score (nSPS) is 24.2. The zero-order valence-corrected chi connectivity index (χ0v) is 13.1. The van der Waals surface area contributed by atoms with E-state index >= 15 is 0 Å². The number of hydrogen-bond acceptors (Lipinski definition) is 2. The van der Waals surface area contributed by atoms with Crippen molar-refractivity contribution in [3.63, 3.8) is 0 Å². The van der Waals surface area contributed by atoms with Gasteiger partial charge in [0.15, 0.2) is 0 Å². The van der Waals surface area contributed by atoms with Crippen LogP contribution in [0.2, 0.25) is 0 Å². The number of benzene rings is 1. The van der Waals surface area contributed by atoms with Crippen molar-refractivity contribution in [2.45, 2.75) is 51.6 Å². The maximum Gasteiger partial charge on any atom is 0.242 e. The first-order valence-corrected chi connectivity index (χ1v) is 7.53. The van der Waals surface area contributed by atoms with Gasteiger partial charge in [0.25, 0.3) is 0 Å². The minimum Gasteiger partial charge on any atom is -0.337 e. The Morgan fingerprint density at radius 2 is 1.95 bits per heavy atom. The predicted molar refractivity (Wildman–Crippen MR) is 82.6 cm³/mol. The van der Waals surface area contributed by atoms with E-state index in [1.807, 2.05) is 18.9 Å². The van der Waals surface area contributed by atoms with Crippen LogP contribution in [-0.4, -0.2) is 29.9 Å². The van der Waals surface area contributed by atoms with Crippen LogP contribution in [0, 0.1) is 6.92 Å². The Balaban J connectivity index is 2.11. The number of nitrogens with one attached hydrogen (secondary N) is 1. The molecule has 20 heavy (non-hydrogen) atoms. The third kappa shape index (κ3) is 3.04. The second-order valence-electron chi connectivity index (χ2n) is 6.22. The van der Waals surface area contributed by atoms with Gasteiger partial charge in [-0.3, -0.25) is 4.79 Å². The summed E-state index contributed by atoms with van der Waals surface area (Å²) in [6.45, 7) is 7.15. The molecule has 1 aliphatic heterocycles. The van der Waals surface area contributed by atoms with Gasteiger partial charge in [-0.25, -0.2) is 0 Å². The van der Waals surface area contributed by atoms with Crippen LogP contribution < -0.4 is 5.32 Å². The lowest BCUT2D eigenvalue weighted by atomic mass is 9.89. The fraction of sp³-hybridized carbons (Fsp3) is 0.588. The van der Waals surface area contributed by atoms with Gasteiger partial charge < -0.3 is 10.2 Å². The largest absolute Gasteiger partial charge is 0.337 e. The Morgan fingerprint density at radius 3 is 2.50 bits per heavy atom. The van der Waals surface area contributed by atoms with Gasteiger partial charge in [0.2, 0.25) is 5.91 Å². The molecule has 1 N–H and O–H groups in total. The molecule has 1 aromatic rings. The highest BCUT2D eigenvalue weighted by atomic mass is 16.2. The molecule has 2 atom stereocenters. The van der Waals surface area contributed by atoms with E-state index in [9.17, 15) is 4.79 Å². The quantitative estimate of drug-likeness (QED) is 0.919. The standard InChI is InChI=1S/C17H26N2O/c1-13-7-9-15(10-8-13)14(2)19(4)16(20)17(3)11-5-6-12-18-17/h7-10,14,18H,5-6,11-12H2,1-4H3. The summed E-state index contributed by atoms with van der Waals surface area (Å²) >= 11 is 0. The number of hydrogen-bond donors (Lipinski definition) is 1. The van der Waals surface area contributed by atoms with Gasteiger partial charge >= 0.3 is 0 Å². The Bertz CT molecular complexity index is 460. The lowest BCUT2D eigenvalue weighted by Crippen LogP contribution is -2.57. The zero-order valence-electron chi connectivity index (χ0n) is 13.1. The number of nitrogens with zero attached hydrogens (tertiary/aromatic N) is 1. The molecule has 0 aliphatic carbocycles. The minimum absolute atomic E-state index is 0.101. The molecule has 1 aliphatic rings. The zero-order chi connectivity index (χ0) is 14.8. The highest BCUT2D eigenvalue weighted by Crippen LogP contribution is 2.26. The summed E-state index contributed by atoms with van der Waals surface area (Å²) in [4.78, 5) is 14.6. The minimum atomic E-state index is -0.397. The second kappa shape index (κ2) is 5.96. The van der Waals surface area contributed by atoms with Crippen molar-refractivity contribution >= 4 is 5.91 Å². The molecule has 3 heteroatoms. The second-order valence-corrected chi connectivity index (χ2v) is 6.22. The van der Waals surface area contributed by atoms with Gasteiger partial charge in [-0.1, -0.05) is 29.8 Å². The summed E-state index contributed by atoms with van der Waals surface area (Å²) in [6.07, 6.45) is 3.22. The first kappa shape index (κ1) is 15.0. The van der Waals surface area contributed by atoms with Crippen LogP contribution in [0.15, 0.2) is 24.3 Å². The lowest BCUT2D eigenvalue weighted by Gasteiger charge is -2.38. The smallest absolute Gasteiger partial charge is 0.242 e. The molecule has 1 amide bonds. The summed E-state index contributed by atoms with van der Waals surface area (Å²) in [6, 6.07) is 8.53. The number of aryl methyl sites for hydroxylation is 1. The summed E-state index contributed by atoms with van der Waals surface area (Å²) in [5, 5.41) is 3.40. The molecule has 1 fully saturated rings. The molecule has 0 spiro atoms. The third-order valence-corrected chi connectivity index (χ3v) is 4.55. The van der Waals surface area contributed by atoms with E-state index in [0.29, 0.717) is 0 Å². The van der Waals surface area contributed by atoms with Crippen LogP contribution >= 0.6 is 0 Å². The number of likely N-dealkylation sites (N-methyl/N-ethyl adjacent to an activating group) is 1. The number of piperidine rings is 1. The Morgan fingerprint density at radius 1 is 1.30 bits per heavy atom. The van der Waals surface area contributed by atoms with E-state index in [0.717, 1.165) is 19.4 Å². The molecule has 0 radical (unpaired) electrons. The van der Waals surface area contributed by atoms with Gasteiger partial charge in [-0.15, -0.1) is 0 Å². The summed E-state index contributed by atoms with van der Waals surface area (Å²) in [5.74, 6) is 0.199. The van der Waals surface area contributed by atoms with Crippen molar-refractivity contribution in [1.29, 1.82) is 0 Å². The van der Waals surface area contributed by atoms with Gasteiger partial charge in [0.05, 0.1) is 11.6 Å². The summed E-state index contributed by atoms with van der Waals surface area (Å²) in [5.41, 5.74) is 2.04. The molecule has 1 saturated heterocycles. The molecule has 1 heterocycles. The molecule has 0 bridgehead atoms. The van der Waals surface area contributed by atoms with Crippen molar-refractivity contribution < 1.29 is 4.79 Å². The van der Waals surface area contributed by atoms with Gasteiger partial charge in [-0.05, 0) is 52.1 Å². The van der Waals surface area contributed by atoms with Crippen LogP contribution in [0.5, 0.6) is 0 Å². The van der Waals surface area contributed by atoms with E-state index in [4.69, 9.17) is 0 Å². The monoisotopic (exact) mass is 274 g/mol. The fourth-order valence-corrected chi connectivity index (χ4v) is 2.87. The lowest BCUT2D eigenvalue weighted by molar-refractivity contribution is -0.139. The highest BCUT2D eigenvalue weighted by Gasteiger charge is 2.37. The van der Waals surface area contributed by atoms with Crippen molar-refractivity contribution in [2.75, 3.05) is 13.6 Å². The Hall–Kier alpha value is -1.35. The maximum absolute atomic E-state index is 12.8. The topological polar surface area (TPSA) is 32.3 Å². The predicted octanol–water partition coefficient (Wildman–Crippen LogP) is 3.05. The maximum atomic E-state index is 12.8. The van der Waals surface area contributed by atoms with Crippen molar-refractivity contribution in [3.05, 3.63) is 35.4 Å². The first-order chi connectivity index (χ1) is 9.44. The molecule has 2 rings (SSSR count). The first-order valence-electron chi connectivity index (χ1n) is 7.53. The fourth-order valence-electron chi connectivity index (χ4n) is 2.87. The molecule has 0 aromatic heterocycles. The molecule has 2 unspecified atom stereocenters. The van der Waals surface area contributed by atoms with Crippen LogP contribution in [0.1, 0.15) is 50.3 Å². The van der Waals surface area contributed by atoms with Crippen molar-refractivity contribution in [1.82, 2.24) is 10.2 Å². The van der Waals surface area contributed by atoms with Crippen LogP contribution in [0.3, 0.4) is 0 Å². The average Bonchev–Trinajstić information content (AvgIpc) is 2.46. The van der Waals surface area contributed by atoms with Gasteiger partial charge in [0.1, 0.15) is 0 Å². The van der Waals surface area contributed by atoms with E-state index in [1.54, 1.807) is 0 Å². The molecule has 110 valence electrons. The van der Waals surface area contributed by atoms with Crippen LogP contribution in [0.25, 0.3) is 0 Å². The third-order valence-electron chi connectivity index (χ3n) is 4.55. The SMILES string of the molecule is Cc1ccc(C(C)N(C)C(=O)C2(C)CCCCN2)cc1. The van der Waals surface area contributed by atoms with E-state index in [2.05, 4.69) is 43.4 Å². The van der Waals surface area contributed by atoms with Gasteiger partial charge in [0, 0.05) is 7.05 Å². The Labute approximate surface area is 122 Å². The number of carbonyl (C=O) groups excluding carboxylic acids is 1. The molecular weight excluding hydrogens is 248 g/mol. The van der Waals surface area contributed by atoms with Crippen LogP contribution in [0.4, 0.5) is 0 Å². The summed E-state index contributed by atoms with van der Waals surface area (Å²) in [7, 11) is 1.91. The number of carbonyl (C=O) groups is 1. The van der Waals surface area contributed by atoms with E-state index in [-0.39, 0.29) is 11.9 Å². The van der Waals surface area contributed by atoms with E-state index in [1.165, 1.54) is 17.5 Å². The highest BCUT2D eigenvalue weighted by molar-refractivity contribution is 5.86. The Kier molecular flexibility index (Phi) is 4.48. The van der Waals surface area contributed by atoms with Gasteiger partial charge in [-0.2, -0.15) is 0 Å². The molecule has 1 aromatic carbocycles. The number of amides is 1. The molecule has 3 nitrogen and oxygen atoms in total.